The van der Waals surface area contributed by atoms with Crippen molar-refractivity contribution in [2.24, 2.45) is 17.8 Å². The van der Waals surface area contributed by atoms with Gasteiger partial charge in [0.1, 0.15) is 0 Å². The molecular formula is C17H26N2O. The summed E-state index contributed by atoms with van der Waals surface area (Å²) in [6, 6.07) is 0. The molecule has 2 aliphatic heterocycles. The highest BCUT2D eigenvalue weighted by Crippen LogP contribution is 2.58. The molecule has 0 aromatic rings. The van der Waals surface area contributed by atoms with Gasteiger partial charge in [-0.05, 0) is 75.4 Å². The van der Waals surface area contributed by atoms with Crippen LogP contribution < -0.4 is 5.32 Å². The fourth-order valence-corrected chi connectivity index (χ4v) is 5.91. The molecule has 3 nitrogen and oxygen atoms in total. The lowest BCUT2D eigenvalue weighted by atomic mass is 9.52. The van der Waals surface area contributed by atoms with Crippen LogP contribution in [0.3, 0.4) is 0 Å². The summed E-state index contributed by atoms with van der Waals surface area (Å²) in [5.41, 5.74) is 3.19. The lowest BCUT2D eigenvalue weighted by Crippen LogP contribution is -2.64. The van der Waals surface area contributed by atoms with Crippen molar-refractivity contribution >= 4 is 5.91 Å². The quantitative estimate of drug-likeness (QED) is 0.736. The lowest BCUT2D eigenvalue weighted by Gasteiger charge is -2.62. The molecule has 0 radical (unpaired) electrons. The molecule has 4 aliphatic rings. The summed E-state index contributed by atoms with van der Waals surface area (Å²) in [6.07, 6.45) is 8.23. The average Bonchev–Trinajstić information content (AvgIpc) is 2.39. The number of amides is 1. The first-order valence-electron chi connectivity index (χ1n) is 8.35. The number of piperidine rings is 1. The van der Waals surface area contributed by atoms with Crippen LogP contribution in [-0.4, -0.2) is 29.9 Å². The molecule has 0 spiro atoms. The van der Waals surface area contributed by atoms with E-state index in [0.717, 1.165) is 30.6 Å². The predicted molar refractivity (Wildman–Crippen MR) is 79.0 cm³/mol. The Morgan fingerprint density at radius 2 is 2.20 bits per heavy atom. The zero-order valence-electron chi connectivity index (χ0n) is 12.7. The van der Waals surface area contributed by atoms with Crippen molar-refractivity contribution < 1.29 is 4.79 Å². The van der Waals surface area contributed by atoms with Gasteiger partial charge in [-0.15, -0.1) is 0 Å². The van der Waals surface area contributed by atoms with Crippen LogP contribution in [0, 0.1) is 17.8 Å². The van der Waals surface area contributed by atoms with Crippen LogP contribution in [0.5, 0.6) is 0 Å². The van der Waals surface area contributed by atoms with Crippen molar-refractivity contribution in [2.45, 2.75) is 57.4 Å². The van der Waals surface area contributed by atoms with Gasteiger partial charge in [0.2, 0.25) is 5.91 Å². The zero-order valence-corrected chi connectivity index (χ0v) is 12.7. The summed E-state index contributed by atoms with van der Waals surface area (Å²) >= 11 is 0. The van der Waals surface area contributed by atoms with E-state index in [1.54, 1.807) is 5.57 Å². The van der Waals surface area contributed by atoms with E-state index >= 15 is 0 Å². The van der Waals surface area contributed by atoms with Gasteiger partial charge >= 0.3 is 0 Å². The van der Waals surface area contributed by atoms with Crippen molar-refractivity contribution in [1.82, 2.24) is 10.2 Å². The van der Waals surface area contributed by atoms with E-state index in [1.807, 2.05) is 0 Å². The Kier molecular flexibility index (Phi) is 2.79. The first kappa shape index (κ1) is 12.9. The molecule has 3 heteroatoms. The van der Waals surface area contributed by atoms with E-state index in [0.29, 0.717) is 6.42 Å². The van der Waals surface area contributed by atoms with Crippen LogP contribution in [0.1, 0.15) is 51.9 Å². The Hall–Kier alpha value is -0.830. The molecule has 4 rings (SSSR count). The van der Waals surface area contributed by atoms with Crippen LogP contribution >= 0.6 is 0 Å². The second kappa shape index (κ2) is 4.33. The van der Waals surface area contributed by atoms with Gasteiger partial charge in [0.25, 0.3) is 0 Å². The SMILES string of the molecule is C[C@@H]1C[C@H]2CC3=C(CCC(=O)N3)[C@@]3(C1)[C@H]2CCCN3C. The maximum Gasteiger partial charge on any atom is 0.224 e. The van der Waals surface area contributed by atoms with Crippen molar-refractivity contribution in [3.8, 4) is 0 Å². The molecule has 110 valence electrons. The minimum absolute atomic E-state index is 0.239. The largest absolute Gasteiger partial charge is 0.330 e. The summed E-state index contributed by atoms with van der Waals surface area (Å²) in [4.78, 5) is 14.4. The highest BCUT2D eigenvalue weighted by molar-refractivity contribution is 5.80. The van der Waals surface area contributed by atoms with Crippen molar-refractivity contribution in [3.63, 3.8) is 0 Å². The van der Waals surface area contributed by atoms with Crippen LogP contribution in [0.15, 0.2) is 11.3 Å². The fraction of sp³-hybridized carbons (Fsp3) is 0.824. The Labute approximate surface area is 121 Å². The Morgan fingerprint density at radius 1 is 1.35 bits per heavy atom. The number of carbonyl (C=O) groups is 1. The number of rotatable bonds is 0. The van der Waals surface area contributed by atoms with Crippen LogP contribution in [0.2, 0.25) is 0 Å². The molecule has 0 aromatic carbocycles. The minimum atomic E-state index is 0.239. The maximum absolute atomic E-state index is 11.8. The smallest absolute Gasteiger partial charge is 0.224 e. The second-order valence-corrected chi connectivity index (χ2v) is 7.61. The molecular weight excluding hydrogens is 248 g/mol. The highest BCUT2D eigenvalue weighted by atomic mass is 16.1. The number of hydrogen-bond acceptors (Lipinski definition) is 2. The van der Waals surface area contributed by atoms with Crippen LogP contribution in [0.25, 0.3) is 0 Å². The number of allylic oxidation sites excluding steroid dienone is 1. The third-order valence-electron chi connectivity index (χ3n) is 6.48. The molecule has 4 atom stereocenters. The first-order chi connectivity index (χ1) is 9.61. The molecule has 1 N–H and O–H groups in total. The third-order valence-corrected chi connectivity index (χ3v) is 6.48. The molecule has 0 unspecified atom stereocenters. The van der Waals surface area contributed by atoms with Gasteiger partial charge < -0.3 is 5.32 Å². The molecule has 2 fully saturated rings. The monoisotopic (exact) mass is 274 g/mol. The number of nitrogens with one attached hydrogen (secondary N) is 1. The fourth-order valence-electron chi connectivity index (χ4n) is 5.91. The summed E-state index contributed by atoms with van der Waals surface area (Å²) in [7, 11) is 2.33. The molecule has 2 bridgehead atoms. The number of hydrogen-bond donors (Lipinski definition) is 1. The molecule has 1 amide bonds. The van der Waals surface area contributed by atoms with Gasteiger partial charge in [-0.2, -0.15) is 0 Å². The van der Waals surface area contributed by atoms with E-state index in [4.69, 9.17) is 0 Å². The van der Waals surface area contributed by atoms with Gasteiger partial charge in [-0.1, -0.05) is 6.92 Å². The standard InChI is InChI=1S/C17H26N2O/c1-11-8-12-9-15-14(5-6-16(20)18-15)17(10-11)13(12)4-3-7-19(17)2/h11-13H,3-10H2,1-2H3,(H,18,20)/t11-,12+,13+,17-/m1/s1. The predicted octanol–water partition coefficient (Wildman–Crippen LogP) is 2.68. The molecule has 2 aliphatic carbocycles. The van der Waals surface area contributed by atoms with E-state index < -0.39 is 0 Å². The summed E-state index contributed by atoms with van der Waals surface area (Å²) in [5, 5.41) is 3.22. The Morgan fingerprint density at radius 3 is 3.05 bits per heavy atom. The van der Waals surface area contributed by atoms with Gasteiger partial charge in [0.05, 0.1) is 0 Å². The number of nitrogens with zero attached hydrogens (tertiary/aromatic N) is 1. The number of carbonyl (C=O) groups excluding carboxylic acids is 1. The molecule has 1 saturated heterocycles. The molecule has 20 heavy (non-hydrogen) atoms. The first-order valence-corrected chi connectivity index (χ1v) is 8.35. The van der Waals surface area contributed by atoms with Crippen LogP contribution in [0.4, 0.5) is 0 Å². The zero-order chi connectivity index (χ0) is 13.9. The normalized spacial score (nSPS) is 44.7. The van der Waals surface area contributed by atoms with Crippen molar-refractivity contribution in [3.05, 3.63) is 11.3 Å². The third kappa shape index (κ3) is 1.59. The van der Waals surface area contributed by atoms with Gasteiger partial charge in [-0.25, -0.2) is 0 Å². The minimum Gasteiger partial charge on any atom is -0.330 e. The van der Waals surface area contributed by atoms with Gasteiger partial charge in [0.15, 0.2) is 0 Å². The Balaban J connectivity index is 1.85. The molecule has 2 heterocycles. The second-order valence-electron chi connectivity index (χ2n) is 7.61. The van der Waals surface area contributed by atoms with E-state index in [2.05, 4.69) is 24.2 Å². The van der Waals surface area contributed by atoms with Crippen molar-refractivity contribution in [1.29, 1.82) is 0 Å². The molecule has 1 saturated carbocycles. The van der Waals surface area contributed by atoms with Gasteiger partial charge in [-0.3, -0.25) is 9.69 Å². The van der Waals surface area contributed by atoms with E-state index in [9.17, 15) is 4.79 Å². The lowest BCUT2D eigenvalue weighted by molar-refractivity contribution is -0.122. The van der Waals surface area contributed by atoms with Crippen molar-refractivity contribution in [2.75, 3.05) is 13.6 Å². The average molecular weight is 274 g/mol. The molecule has 0 aromatic heterocycles. The highest BCUT2D eigenvalue weighted by Gasteiger charge is 2.57. The number of likely N-dealkylation sites (tertiary alicyclic amines) is 1. The van der Waals surface area contributed by atoms with E-state index in [-0.39, 0.29) is 11.4 Å². The van der Waals surface area contributed by atoms with Crippen LogP contribution in [-0.2, 0) is 4.79 Å². The maximum atomic E-state index is 11.8. The summed E-state index contributed by atoms with van der Waals surface area (Å²) in [6.45, 7) is 3.65. The summed E-state index contributed by atoms with van der Waals surface area (Å²) < 4.78 is 0. The van der Waals surface area contributed by atoms with Gasteiger partial charge in [0, 0.05) is 17.7 Å². The summed E-state index contributed by atoms with van der Waals surface area (Å²) in [5.74, 6) is 2.69. The topological polar surface area (TPSA) is 32.3 Å². The van der Waals surface area contributed by atoms with E-state index in [1.165, 1.54) is 37.9 Å². The Bertz CT molecular complexity index is 483. The number of likely N-dealkylation sites (N-methyl/N-ethyl adjacent to an activating group) is 1.